The zero-order chi connectivity index (χ0) is 22.8. The molecule has 162 valence electrons. The van der Waals surface area contributed by atoms with Crippen LogP contribution in [0.2, 0.25) is 0 Å². The number of nitro groups is 1. The van der Waals surface area contributed by atoms with E-state index in [0.717, 1.165) is 0 Å². The molecular formula is C22H18N4O6. The minimum atomic E-state index is -1.15. The zero-order valence-electron chi connectivity index (χ0n) is 17.2. The summed E-state index contributed by atoms with van der Waals surface area (Å²) in [5.41, 5.74) is 2.14. The molecule has 4 rings (SSSR count). The number of aromatic carboxylic acids is 1. The Morgan fingerprint density at radius 3 is 2.47 bits per heavy atom. The first-order valence-corrected chi connectivity index (χ1v) is 9.61. The van der Waals surface area contributed by atoms with Gasteiger partial charge in [0.1, 0.15) is 0 Å². The van der Waals surface area contributed by atoms with Crippen LogP contribution in [0.4, 0.5) is 5.69 Å². The molecule has 0 amide bonds. The van der Waals surface area contributed by atoms with E-state index in [9.17, 15) is 20.0 Å². The smallest absolute Gasteiger partial charge is 0.336 e. The van der Waals surface area contributed by atoms with Gasteiger partial charge in [0, 0.05) is 23.3 Å². The number of ether oxygens (including phenoxy) is 2. The molecule has 0 bridgehead atoms. The molecule has 0 saturated heterocycles. The maximum atomic E-state index is 12.1. The second-order valence-corrected chi connectivity index (χ2v) is 6.76. The van der Waals surface area contributed by atoms with E-state index in [1.165, 1.54) is 37.4 Å². The van der Waals surface area contributed by atoms with Crippen LogP contribution >= 0.6 is 0 Å². The quantitative estimate of drug-likeness (QED) is 0.324. The fourth-order valence-electron chi connectivity index (χ4n) is 3.40. The molecule has 0 fully saturated rings. The first-order valence-electron chi connectivity index (χ1n) is 9.61. The number of pyridine rings is 1. The monoisotopic (exact) mass is 434 g/mol. The number of carbonyl (C=O) groups is 1. The first kappa shape index (κ1) is 20.8. The number of carboxylic acid groups (broad SMARTS) is 1. The van der Waals surface area contributed by atoms with Gasteiger partial charge in [0.25, 0.3) is 5.69 Å². The van der Waals surface area contributed by atoms with Gasteiger partial charge in [0.2, 0.25) is 0 Å². The number of H-pyrrole nitrogens is 1. The van der Waals surface area contributed by atoms with Gasteiger partial charge in [-0.3, -0.25) is 15.2 Å². The minimum Gasteiger partial charge on any atom is -0.493 e. The summed E-state index contributed by atoms with van der Waals surface area (Å²) in [5.74, 6) is -0.0867. The van der Waals surface area contributed by atoms with E-state index >= 15 is 0 Å². The summed E-state index contributed by atoms with van der Waals surface area (Å²) in [5, 5.41) is 28.1. The molecule has 2 N–H and O–H groups in total. The third-order valence-electron chi connectivity index (χ3n) is 4.88. The average Bonchev–Trinajstić information content (AvgIpc) is 3.23. The van der Waals surface area contributed by atoms with Crippen LogP contribution in [0.15, 0.2) is 48.5 Å². The van der Waals surface area contributed by atoms with Gasteiger partial charge < -0.3 is 14.6 Å². The number of nitro benzene ring substituents is 1. The maximum absolute atomic E-state index is 12.1. The van der Waals surface area contributed by atoms with Crippen LogP contribution in [0.3, 0.4) is 0 Å². The summed E-state index contributed by atoms with van der Waals surface area (Å²) in [7, 11) is 1.52. The van der Waals surface area contributed by atoms with E-state index in [4.69, 9.17) is 9.47 Å². The zero-order valence-corrected chi connectivity index (χ0v) is 17.2. The van der Waals surface area contributed by atoms with Crippen molar-refractivity contribution in [3.05, 3.63) is 64.2 Å². The maximum Gasteiger partial charge on any atom is 0.336 e. The Bertz CT molecular complexity index is 1330. The highest BCUT2D eigenvalue weighted by molar-refractivity contribution is 6.08. The normalized spacial score (nSPS) is 10.8. The standard InChI is InChI=1S/C22H18N4O6/c1-3-32-17-9-6-13(10-18(17)31-2)16-11-15(22(27)28)19-20(24-25-21(19)23-16)12-4-7-14(8-5-12)26(29)30/h4-11H,3H2,1-2H3,(H,27,28)(H,23,24,25). The van der Waals surface area contributed by atoms with E-state index in [1.807, 2.05) is 6.92 Å². The molecule has 2 heterocycles. The highest BCUT2D eigenvalue weighted by Gasteiger charge is 2.21. The predicted octanol–water partition coefficient (Wildman–Crippen LogP) is 4.31. The van der Waals surface area contributed by atoms with Crippen LogP contribution in [0.1, 0.15) is 17.3 Å². The Morgan fingerprint density at radius 2 is 1.84 bits per heavy atom. The molecule has 0 aliphatic rings. The molecule has 0 atom stereocenters. The summed E-state index contributed by atoms with van der Waals surface area (Å²) in [4.78, 5) is 27.0. The molecule has 0 aliphatic heterocycles. The Labute approximate surface area is 181 Å². The van der Waals surface area contributed by atoms with E-state index in [-0.39, 0.29) is 16.9 Å². The number of benzene rings is 2. The van der Waals surface area contributed by atoms with Crippen molar-refractivity contribution in [3.63, 3.8) is 0 Å². The van der Waals surface area contributed by atoms with Gasteiger partial charge in [0.15, 0.2) is 17.1 Å². The SMILES string of the molecule is CCOc1ccc(-c2cc(C(=O)O)c3c(-c4ccc([N+](=O)[O-])cc4)[nH]nc3n2)cc1OC. The summed E-state index contributed by atoms with van der Waals surface area (Å²) < 4.78 is 10.9. The van der Waals surface area contributed by atoms with Crippen LogP contribution < -0.4 is 9.47 Å². The molecule has 10 nitrogen and oxygen atoms in total. The van der Waals surface area contributed by atoms with Gasteiger partial charge in [-0.1, -0.05) is 0 Å². The molecule has 2 aromatic carbocycles. The molecule has 0 saturated carbocycles. The number of nitrogens with zero attached hydrogens (tertiary/aromatic N) is 3. The molecule has 0 spiro atoms. The number of aromatic amines is 1. The second-order valence-electron chi connectivity index (χ2n) is 6.76. The summed E-state index contributed by atoms with van der Waals surface area (Å²) in [6.45, 7) is 2.34. The van der Waals surface area contributed by atoms with Crippen molar-refractivity contribution < 1.29 is 24.3 Å². The molecule has 0 aliphatic carbocycles. The number of aromatic nitrogens is 3. The van der Waals surface area contributed by atoms with Gasteiger partial charge in [-0.05, 0) is 43.3 Å². The largest absolute Gasteiger partial charge is 0.493 e. The van der Waals surface area contributed by atoms with Crippen molar-refractivity contribution >= 4 is 22.7 Å². The van der Waals surface area contributed by atoms with E-state index in [1.54, 1.807) is 18.2 Å². The lowest BCUT2D eigenvalue weighted by Gasteiger charge is -2.11. The number of nitrogens with one attached hydrogen (secondary N) is 1. The summed E-state index contributed by atoms with van der Waals surface area (Å²) in [6.07, 6.45) is 0. The number of methoxy groups -OCH3 is 1. The fraction of sp³-hybridized carbons (Fsp3) is 0.136. The summed E-state index contributed by atoms with van der Waals surface area (Å²) in [6, 6.07) is 12.4. The van der Waals surface area contributed by atoms with Crippen molar-refractivity contribution in [1.82, 2.24) is 15.2 Å². The third kappa shape index (κ3) is 3.69. The van der Waals surface area contributed by atoms with Gasteiger partial charge in [-0.25, -0.2) is 9.78 Å². The third-order valence-corrected chi connectivity index (χ3v) is 4.88. The van der Waals surface area contributed by atoms with Gasteiger partial charge >= 0.3 is 5.97 Å². The van der Waals surface area contributed by atoms with E-state index < -0.39 is 10.9 Å². The van der Waals surface area contributed by atoms with Crippen molar-refractivity contribution in [2.45, 2.75) is 6.92 Å². The van der Waals surface area contributed by atoms with Crippen molar-refractivity contribution in [2.24, 2.45) is 0 Å². The number of carboxylic acids is 1. The lowest BCUT2D eigenvalue weighted by atomic mass is 10.0. The minimum absolute atomic E-state index is 0.0000423. The van der Waals surface area contributed by atoms with Crippen LogP contribution in [0.5, 0.6) is 11.5 Å². The Balaban J connectivity index is 1.85. The Kier molecular flexibility index (Phi) is 5.42. The Hall–Kier alpha value is -4.47. The van der Waals surface area contributed by atoms with Crippen molar-refractivity contribution in [1.29, 1.82) is 0 Å². The molecule has 2 aromatic heterocycles. The van der Waals surface area contributed by atoms with Gasteiger partial charge in [-0.15, -0.1) is 0 Å². The van der Waals surface area contributed by atoms with Crippen LogP contribution in [-0.4, -0.2) is 44.9 Å². The van der Waals surface area contributed by atoms with E-state index in [0.29, 0.717) is 46.0 Å². The lowest BCUT2D eigenvalue weighted by Crippen LogP contribution is -2.01. The average molecular weight is 434 g/mol. The van der Waals surface area contributed by atoms with Crippen LogP contribution in [0.25, 0.3) is 33.5 Å². The van der Waals surface area contributed by atoms with Crippen molar-refractivity contribution in [3.8, 4) is 34.0 Å². The molecule has 10 heteroatoms. The molecule has 32 heavy (non-hydrogen) atoms. The highest BCUT2D eigenvalue weighted by Crippen LogP contribution is 2.35. The van der Waals surface area contributed by atoms with Gasteiger partial charge in [-0.2, -0.15) is 5.10 Å². The van der Waals surface area contributed by atoms with Gasteiger partial charge in [0.05, 0.1) is 41.0 Å². The second kappa shape index (κ2) is 8.34. The predicted molar refractivity (Wildman–Crippen MR) is 116 cm³/mol. The summed E-state index contributed by atoms with van der Waals surface area (Å²) >= 11 is 0. The Morgan fingerprint density at radius 1 is 1.12 bits per heavy atom. The first-order chi connectivity index (χ1) is 15.4. The number of rotatable bonds is 7. The van der Waals surface area contributed by atoms with Crippen LogP contribution in [-0.2, 0) is 0 Å². The highest BCUT2D eigenvalue weighted by atomic mass is 16.6. The molecule has 0 radical (unpaired) electrons. The number of fused-ring (bicyclic) bond motifs is 1. The number of hydrogen-bond acceptors (Lipinski definition) is 7. The number of non-ortho nitro benzene ring substituents is 1. The number of hydrogen-bond donors (Lipinski definition) is 2. The van der Waals surface area contributed by atoms with Crippen molar-refractivity contribution in [2.75, 3.05) is 13.7 Å². The lowest BCUT2D eigenvalue weighted by molar-refractivity contribution is -0.384. The van der Waals surface area contributed by atoms with Crippen LogP contribution in [0, 0.1) is 10.1 Å². The topological polar surface area (TPSA) is 140 Å². The molecule has 4 aromatic rings. The molecule has 0 unspecified atom stereocenters. The fourth-order valence-corrected chi connectivity index (χ4v) is 3.40. The van der Waals surface area contributed by atoms with E-state index in [2.05, 4.69) is 15.2 Å². The molecular weight excluding hydrogens is 416 g/mol.